The standard InChI is InChI=1S/C22H20N2O6S/c1-12(25)15-5-7-16(8-6-15)23-22-24-20(26)19(31-22)11-14-4-9-17(18(10-14)29-3)30-13(2)21(27)28/h4-11,13H,1-3H3,(H,27,28)(H,23,24,26)/b19-11+. The first kappa shape index (κ1) is 22.1. The summed E-state index contributed by atoms with van der Waals surface area (Å²) in [6.45, 7) is 2.91. The maximum Gasteiger partial charge on any atom is 0.344 e. The van der Waals surface area contributed by atoms with E-state index < -0.39 is 12.1 Å². The second kappa shape index (κ2) is 9.48. The van der Waals surface area contributed by atoms with Gasteiger partial charge in [-0.2, -0.15) is 0 Å². The topological polar surface area (TPSA) is 114 Å². The summed E-state index contributed by atoms with van der Waals surface area (Å²) in [4.78, 5) is 39.5. The van der Waals surface area contributed by atoms with E-state index in [4.69, 9.17) is 14.6 Å². The van der Waals surface area contributed by atoms with Crippen molar-refractivity contribution in [3.05, 3.63) is 58.5 Å². The Hall–Kier alpha value is -3.59. The van der Waals surface area contributed by atoms with Gasteiger partial charge in [0.2, 0.25) is 0 Å². The molecule has 1 atom stereocenters. The van der Waals surface area contributed by atoms with Crippen molar-refractivity contribution in [1.82, 2.24) is 5.32 Å². The molecule has 1 unspecified atom stereocenters. The molecule has 0 saturated carbocycles. The Kier molecular flexibility index (Phi) is 6.76. The van der Waals surface area contributed by atoms with Crippen LogP contribution in [0.25, 0.3) is 6.08 Å². The van der Waals surface area contributed by atoms with Crippen LogP contribution in [0, 0.1) is 0 Å². The molecule has 2 aromatic rings. The summed E-state index contributed by atoms with van der Waals surface area (Å²) in [6.07, 6.45) is 0.645. The third kappa shape index (κ3) is 5.52. The Balaban J connectivity index is 1.78. The zero-order chi connectivity index (χ0) is 22.5. The zero-order valence-electron chi connectivity index (χ0n) is 17.0. The molecule has 1 fully saturated rings. The average Bonchev–Trinajstić information content (AvgIpc) is 3.07. The first-order valence-corrected chi connectivity index (χ1v) is 10.1. The number of Topliss-reactive ketones (excluding diaryl/α,β-unsaturated/α-hetero) is 1. The highest BCUT2D eigenvalue weighted by molar-refractivity contribution is 8.18. The molecular weight excluding hydrogens is 420 g/mol. The number of carbonyl (C=O) groups excluding carboxylic acids is 2. The van der Waals surface area contributed by atoms with Gasteiger partial charge in [0.1, 0.15) is 0 Å². The Morgan fingerprint density at radius 2 is 1.87 bits per heavy atom. The van der Waals surface area contributed by atoms with Crippen LogP contribution in [0.3, 0.4) is 0 Å². The number of carboxylic acid groups (broad SMARTS) is 1. The van der Waals surface area contributed by atoms with Crippen molar-refractivity contribution in [2.75, 3.05) is 7.11 Å². The van der Waals surface area contributed by atoms with Gasteiger partial charge < -0.3 is 19.9 Å². The van der Waals surface area contributed by atoms with Gasteiger partial charge in [-0.3, -0.25) is 9.59 Å². The number of ketones is 1. The molecule has 31 heavy (non-hydrogen) atoms. The second-order valence-electron chi connectivity index (χ2n) is 6.59. The van der Waals surface area contributed by atoms with Gasteiger partial charge in [-0.1, -0.05) is 6.07 Å². The van der Waals surface area contributed by atoms with Crippen molar-refractivity contribution in [1.29, 1.82) is 0 Å². The summed E-state index contributed by atoms with van der Waals surface area (Å²) in [5, 5.41) is 12.1. The quantitative estimate of drug-likeness (QED) is 0.499. The van der Waals surface area contributed by atoms with Crippen molar-refractivity contribution < 1.29 is 29.0 Å². The first-order valence-electron chi connectivity index (χ1n) is 9.25. The summed E-state index contributed by atoms with van der Waals surface area (Å²) < 4.78 is 10.7. The van der Waals surface area contributed by atoms with Crippen LogP contribution >= 0.6 is 11.8 Å². The number of ether oxygens (including phenoxy) is 2. The normalized spacial score (nSPS) is 16.8. The smallest absolute Gasteiger partial charge is 0.344 e. The molecule has 1 heterocycles. The van der Waals surface area contributed by atoms with E-state index >= 15 is 0 Å². The Labute approximate surface area is 183 Å². The first-order chi connectivity index (χ1) is 14.8. The van der Waals surface area contributed by atoms with E-state index in [1.807, 2.05) is 0 Å². The molecule has 0 aromatic heterocycles. The summed E-state index contributed by atoms with van der Waals surface area (Å²) in [7, 11) is 1.45. The number of hydrogen-bond acceptors (Lipinski definition) is 7. The van der Waals surface area contributed by atoms with Crippen LogP contribution < -0.4 is 14.8 Å². The van der Waals surface area contributed by atoms with Gasteiger partial charge in [0.05, 0.1) is 17.7 Å². The number of benzene rings is 2. The number of thioether (sulfide) groups is 1. The third-order valence-corrected chi connectivity index (χ3v) is 5.20. The predicted molar refractivity (Wildman–Crippen MR) is 118 cm³/mol. The maximum atomic E-state index is 12.3. The van der Waals surface area contributed by atoms with E-state index in [0.29, 0.717) is 38.4 Å². The van der Waals surface area contributed by atoms with Crippen LogP contribution in [0.5, 0.6) is 11.5 Å². The molecule has 0 aliphatic carbocycles. The van der Waals surface area contributed by atoms with Crippen molar-refractivity contribution in [2.45, 2.75) is 20.0 Å². The lowest BCUT2D eigenvalue weighted by molar-refractivity contribution is -0.144. The fourth-order valence-corrected chi connectivity index (χ4v) is 3.47. The fourth-order valence-electron chi connectivity index (χ4n) is 2.63. The van der Waals surface area contributed by atoms with Crippen LogP contribution in [0.4, 0.5) is 5.69 Å². The van der Waals surface area contributed by atoms with Crippen molar-refractivity contribution in [2.24, 2.45) is 4.99 Å². The summed E-state index contributed by atoms with van der Waals surface area (Å²) in [5.41, 5.74) is 1.88. The molecule has 0 bridgehead atoms. The van der Waals surface area contributed by atoms with Gasteiger partial charge in [-0.15, -0.1) is 0 Å². The van der Waals surface area contributed by atoms with Gasteiger partial charge in [0.25, 0.3) is 5.91 Å². The molecule has 1 amide bonds. The SMILES string of the molecule is COc1cc(/C=C2/SC(=Nc3ccc(C(C)=O)cc3)NC2=O)ccc1OC(C)C(=O)O. The third-order valence-electron chi connectivity index (χ3n) is 4.29. The minimum Gasteiger partial charge on any atom is -0.493 e. The van der Waals surface area contributed by atoms with E-state index in [0.717, 1.165) is 0 Å². The van der Waals surface area contributed by atoms with Gasteiger partial charge in [0, 0.05) is 5.56 Å². The number of hydrogen-bond donors (Lipinski definition) is 2. The highest BCUT2D eigenvalue weighted by Crippen LogP contribution is 2.32. The number of nitrogens with zero attached hydrogens (tertiary/aromatic N) is 1. The molecule has 0 spiro atoms. The molecule has 160 valence electrons. The molecule has 1 aliphatic rings. The van der Waals surface area contributed by atoms with Crippen molar-refractivity contribution in [3.8, 4) is 11.5 Å². The molecule has 2 N–H and O–H groups in total. The number of carboxylic acids is 1. The Bertz CT molecular complexity index is 1090. The number of amidine groups is 1. The van der Waals surface area contributed by atoms with Crippen LogP contribution in [0.1, 0.15) is 29.8 Å². The molecule has 0 radical (unpaired) electrons. The predicted octanol–water partition coefficient (Wildman–Crippen LogP) is 3.64. The highest BCUT2D eigenvalue weighted by Gasteiger charge is 2.24. The molecule has 3 rings (SSSR count). The van der Waals surface area contributed by atoms with E-state index in [9.17, 15) is 14.4 Å². The number of aliphatic imine (C=N–C) groups is 1. The molecule has 1 aliphatic heterocycles. The van der Waals surface area contributed by atoms with Crippen LogP contribution in [0.2, 0.25) is 0 Å². The molecule has 8 nitrogen and oxygen atoms in total. The molecular formula is C22H20N2O6S. The van der Waals surface area contributed by atoms with Crippen molar-refractivity contribution >= 4 is 46.4 Å². The largest absolute Gasteiger partial charge is 0.493 e. The fraction of sp³-hybridized carbons (Fsp3) is 0.182. The van der Waals surface area contributed by atoms with E-state index in [-0.39, 0.29) is 11.7 Å². The lowest BCUT2D eigenvalue weighted by Gasteiger charge is -2.14. The number of aliphatic carboxylic acids is 1. The van der Waals surface area contributed by atoms with E-state index in [1.165, 1.54) is 32.7 Å². The number of carbonyl (C=O) groups is 3. The van der Waals surface area contributed by atoms with Crippen LogP contribution in [-0.2, 0) is 9.59 Å². The summed E-state index contributed by atoms with van der Waals surface area (Å²) in [5.74, 6) is -0.764. The zero-order valence-corrected chi connectivity index (χ0v) is 17.9. The number of methoxy groups -OCH3 is 1. The van der Waals surface area contributed by atoms with Gasteiger partial charge in [-0.25, -0.2) is 9.79 Å². The lowest BCUT2D eigenvalue weighted by Crippen LogP contribution is -2.23. The van der Waals surface area contributed by atoms with Gasteiger partial charge in [-0.05, 0) is 73.6 Å². The van der Waals surface area contributed by atoms with Gasteiger partial charge in [0.15, 0.2) is 28.6 Å². The average molecular weight is 440 g/mol. The number of amides is 1. The molecule has 2 aromatic carbocycles. The molecule has 9 heteroatoms. The minimum atomic E-state index is -1.09. The number of rotatable bonds is 7. The lowest BCUT2D eigenvalue weighted by atomic mass is 10.1. The van der Waals surface area contributed by atoms with Crippen LogP contribution in [0.15, 0.2) is 52.4 Å². The Morgan fingerprint density at radius 3 is 2.48 bits per heavy atom. The second-order valence-corrected chi connectivity index (χ2v) is 7.62. The minimum absolute atomic E-state index is 0.0303. The van der Waals surface area contributed by atoms with E-state index in [2.05, 4.69) is 10.3 Å². The maximum absolute atomic E-state index is 12.3. The monoisotopic (exact) mass is 440 g/mol. The number of nitrogens with one attached hydrogen (secondary N) is 1. The summed E-state index contributed by atoms with van der Waals surface area (Å²) in [6, 6.07) is 11.7. The van der Waals surface area contributed by atoms with Crippen LogP contribution in [-0.4, -0.2) is 41.1 Å². The van der Waals surface area contributed by atoms with E-state index in [1.54, 1.807) is 48.5 Å². The van der Waals surface area contributed by atoms with Gasteiger partial charge >= 0.3 is 5.97 Å². The molecule has 1 saturated heterocycles. The highest BCUT2D eigenvalue weighted by atomic mass is 32.2. The summed E-state index contributed by atoms with van der Waals surface area (Å²) >= 11 is 1.18. The Morgan fingerprint density at radius 1 is 1.16 bits per heavy atom. The van der Waals surface area contributed by atoms with Crippen molar-refractivity contribution in [3.63, 3.8) is 0 Å².